The Bertz CT molecular complexity index is 899. The lowest BCUT2D eigenvalue weighted by atomic mass is 10.1. The lowest BCUT2D eigenvalue weighted by Crippen LogP contribution is -2.09. The van der Waals surface area contributed by atoms with Crippen LogP contribution in [0.1, 0.15) is 10.4 Å². The molecule has 20 heavy (non-hydrogen) atoms. The molecule has 1 aromatic heterocycles. The number of halogens is 1. The normalized spacial score (nSPS) is 10.9. The van der Waals surface area contributed by atoms with Crippen molar-refractivity contribution < 1.29 is 13.9 Å². The van der Waals surface area contributed by atoms with Crippen LogP contribution in [0.5, 0.6) is 0 Å². The minimum absolute atomic E-state index is 0.244. The van der Waals surface area contributed by atoms with Crippen LogP contribution in [0, 0.1) is 5.82 Å². The lowest BCUT2D eigenvalue weighted by Gasteiger charge is -2.06. The molecule has 0 saturated heterocycles. The maximum atomic E-state index is 13.3. The molecule has 5 heteroatoms. The van der Waals surface area contributed by atoms with Crippen LogP contribution in [0.25, 0.3) is 21.8 Å². The molecule has 3 rings (SSSR count). The zero-order valence-electron chi connectivity index (χ0n) is 10.6. The Balaban J connectivity index is 2.50. The van der Waals surface area contributed by atoms with Gasteiger partial charge in [0.1, 0.15) is 5.82 Å². The number of pyridine rings is 1. The number of para-hydroxylation sites is 1. The molecule has 3 aromatic rings. The molecule has 0 spiro atoms. The van der Waals surface area contributed by atoms with E-state index in [4.69, 9.17) is 0 Å². The van der Waals surface area contributed by atoms with Crippen molar-refractivity contribution in [3.63, 3.8) is 0 Å². The van der Waals surface area contributed by atoms with E-state index in [0.717, 1.165) is 0 Å². The van der Waals surface area contributed by atoms with Gasteiger partial charge in [-0.15, -0.1) is 0 Å². The van der Waals surface area contributed by atoms with Gasteiger partial charge >= 0.3 is 5.97 Å². The Hall–Kier alpha value is -2.69. The van der Waals surface area contributed by atoms with Gasteiger partial charge in [-0.3, -0.25) is 4.79 Å². The minimum atomic E-state index is -0.554. The molecule has 0 saturated carbocycles. The Kier molecular flexibility index (Phi) is 2.75. The summed E-state index contributed by atoms with van der Waals surface area (Å²) >= 11 is 0. The van der Waals surface area contributed by atoms with Gasteiger partial charge in [0.15, 0.2) is 5.43 Å². The zero-order chi connectivity index (χ0) is 14.3. The van der Waals surface area contributed by atoms with Crippen molar-refractivity contribution in [3.8, 4) is 0 Å². The number of rotatable bonds is 1. The van der Waals surface area contributed by atoms with E-state index in [1.165, 1.54) is 25.3 Å². The van der Waals surface area contributed by atoms with Crippen molar-refractivity contribution in [2.75, 3.05) is 7.11 Å². The zero-order valence-corrected chi connectivity index (χ0v) is 10.6. The first kappa shape index (κ1) is 12.3. The van der Waals surface area contributed by atoms with Gasteiger partial charge in [-0.25, -0.2) is 9.18 Å². The number of carbonyl (C=O) groups is 1. The van der Waals surface area contributed by atoms with E-state index >= 15 is 0 Å². The maximum Gasteiger partial charge on any atom is 0.339 e. The van der Waals surface area contributed by atoms with E-state index in [9.17, 15) is 14.0 Å². The number of nitrogens with one attached hydrogen (secondary N) is 1. The van der Waals surface area contributed by atoms with Crippen LogP contribution < -0.4 is 5.43 Å². The Labute approximate surface area is 112 Å². The van der Waals surface area contributed by atoms with E-state index in [2.05, 4.69) is 9.72 Å². The number of hydrogen-bond donors (Lipinski definition) is 1. The number of hydrogen-bond acceptors (Lipinski definition) is 3. The van der Waals surface area contributed by atoms with Crippen LogP contribution in [0.3, 0.4) is 0 Å². The van der Waals surface area contributed by atoms with Crippen LogP contribution >= 0.6 is 0 Å². The van der Waals surface area contributed by atoms with Crippen molar-refractivity contribution in [3.05, 3.63) is 58.0 Å². The van der Waals surface area contributed by atoms with Crippen LogP contribution in [-0.4, -0.2) is 18.1 Å². The second kappa shape index (κ2) is 4.45. The fraction of sp³-hybridized carbons (Fsp3) is 0.0667. The average Bonchev–Trinajstić information content (AvgIpc) is 2.46. The first-order valence-electron chi connectivity index (χ1n) is 5.94. The Morgan fingerprint density at radius 1 is 1.20 bits per heavy atom. The van der Waals surface area contributed by atoms with Crippen molar-refractivity contribution in [2.45, 2.75) is 0 Å². The molecule has 0 aliphatic heterocycles. The van der Waals surface area contributed by atoms with Gasteiger partial charge in [-0.2, -0.15) is 0 Å². The highest BCUT2D eigenvalue weighted by Crippen LogP contribution is 2.19. The maximum absolute atomic E-state index is 13.3. The summed E-state index contributed by atoms with van der Waals surface area (Å²) in [6, 6.07) is 8.66. The molecule has 0 amide bonds. The van der Waals surface area contributed by atoms with Crippen molar-refractivity contribution in [1.82, 2.24) is 4.98 Å². The molecule has 0 unspecified atom stereocenters. The molecule has 0 radical (unpaired) electrons. The molecular weight excluding hydrogens is 261 g/mol. The third-order valence-corrected chi connectivity index (χ3v) is 3.20. The van der Waals surface area contributed by atoms with Gasteiger partial charge in [0.25, 0.3) is 0 Å². The van der Waals surface area contributed by atoms with Crippen molar-refractivity contribution in [2.24, 2.45) is 0 Å². The van der Waals surface area contributed by atoms with Crippen LogP contribution in [0.2, 0.25) is 0 Å². The van der Waals surface area contributed by atoms with Gasteiger partial charge < -0.3 is 9.72 Å². The summed E-state index contributed by atoms with van der Waals surface area (Å²) in [6.07, 6.45) is 0. The summed E-state index contributed by atoms with van der Waals surface area (Å²) < 4.78 is 18.0. The van der Waals surface area contributed by atoms with Crippen LogP contribution in [0.15, 0.2) is 41.2 Å². The lowest BCUT2D eigenvalue weighted by molar-refractivity contribution is 0.0603. The highest BCUT2D eigenvalue weighted by molar-refractivity contribution is 6.05. The molecular formula is C15H10FNO3. The van der Waals surface area contributed by atoms with Crippen LogP contribution in [0.4, 0.5) is 4.39 Å². The number of ether oxygens (including phenoxy) is 1. The number of esters is 1. The average molecular weight is 271 g/mol. The number of aromatic amines is 1. The topological polar surface area (TPSA) is 59.2 Å². The first-order valence-corrected chi connectivity index (χ1v) is 5.94. The van der Waals surface area contributed by atoms with E-state index in [0.29, 0.717) is 21.8 Å². The SMILES string of the molecule is COC(=O)c1cccc2c(=O)c3ccc(F)cc3[nH]c12. The second-order valence-corrected chi connectivity index (χ2v) is 4.36. The quantitative estimate of drug-likeness (QED) is 0.546. The third kappa shape index (κ3) is 1.75. The highest BCUT2D eigenvalue weighted by atomic mass is 19.1. The van der Waals surface area contributed by atoms with E-state index in [1.807, 2.05) is 0 Å². The predicted molar refractivity (Wildman–Crippen MR) is 73.4 cm³/mol. The Morgan fingerprint density at radius 3 is 2.75 bits per heavy atom. The number of H-pyrrole nitrogens is 1. The highest BCUT2D eigenvalue weighted by Gasteiger charge is 2.14. The van der Waals surface area contributed by atoms with Crippen LogP contribution in [-0.2, 0) is 4.74 Å². The second-order valence-electron chi connectivity index (χ2n) is 4.36. The third-order valence-electron chi connectivity index (χ3n) is 3.20. The van der Waals surface area contributed by atoms with Gasteiger partial charge in [0.05, 0.1) is 23.7 Å². The number of methoxy groups -OCH3 is 1. The standard InChI is InChI=1S/C15H10FNO3/c1-20-15(19)11-4-2-3-10-13(11)17-12-7-8(16)5-6-9(12)14(10)18/h2-7H,1H3,(H,17,18). The summed E-state index contributed by atoms with van der Waals surface area (Å²) in [6.45, 7) is 0. The summed E-state index contributed by atoms with van der Waals surface area (Å²) in [5.41, 5.74) is 0.689. The predicted octanol–water partition coefficient (Wildman–Crippen LogP) is 2.61. The summed E-state index contributed by atoms with van der Waals surface area (Å²) in [4.78, 5) is 27.0. The van der Waals surface area contributed by atoms with Gasteiger partial charge in [0, 0.05) is 10.8 Å². The molecule has 0 aliphatic rings. The molecule has 1 heterocycles. The summed E-state index contributed by atoms with van der Waals surface area (Å²) in [7, 11) is 1.26. The molecule has 0 fully saturated rings. The fourth-order valence-corrected chi connectivity index (χ4v) is 2.25. The van der Waals surface area contributed by atoms with Crippen molar-refractivity contribution >= 4 is 27.8 Å². The molecule has 100 valence electrons. The smallest absolute Gasteiger partial charge is 0.339 e. The minimum Gasteiger partial charge on any atom is -0.465 e. The molecule has 0 aliphatic carbocycles. The number of benzene rings is 2. The molecule has 2 aromatic carbocycles. The summed E-state index contributed by atoms with van der Waals surface area (Å²) in [5.74, 6) is -1.01. The number of fused-ring (bicyclic) bond motifs is 2. The molecule has 0 bridgehead atoms. The van der Waals surface area contributed by atoms with Crippen molar-refractivity contribution in [1.29, 1.82) is 0 Å². The van der Waals surface area contributed by atoms with E-state index in [-0.39, 0.29) is 11.0 Å². The first-order chi connectivity index (χ1) is 9.61. The van der Waals surface area contributed by atoms with E-state index < -0.39 is 11.8 Å². The van der Waals surface area contributed by atoms with E-state index in [1.54, 1.807) is 18.2 Å². The molecule has 0 atom stereocenters. The van der Waals surface area contributed by atoms with Gasteiger partial charge in [-0.1, -0.05) is 6.07 Å². The van der Waals surface area contributed by atoms with Gasteiger partial charge in [-0.05, 0) is 30.3 Å². The summed E-state index contributed by atoms with van der Waals surface area (Å²) in [5, 5.41) is 0.743. The largest absolute Gasteiger partial charge is 0.465 e. The molecule has 4 nitrogen and oxygen atoms in total. The monoisotopic (exact) mass is 271 g/mol. The Morgan fingerprint density at radius 2 is 2.00 bits per heavy atom. The fourth-order valence-electron chi connectivity index (χ4n) is 2.25. The number of aromatic nitrogens is 1. The van der Waals surface area contributed by atoms with Gasteiger partial charge in [0.2, 0.25) is 0 Å². The molecule has 1 N–H and O–H groups in total. The number of carbonyl (C=O) groups excluding carboxylic acids is 1.